The highest BCUT2D eigenvalue weighted by molar-refractivity contribution is 5.25. The molecule has 1 fully saturated rings. The summed E-state index contributed by atoms with van der Waals surface area (Å²) in [5, 5.41) is 9.28. The monoisotopic (exact) mass is 332 g/mol. The molecule has 1 aliphatic rings. The van der Waals surface area contributed by atoms with Crippen LogP contribution in [0, 0.1) is 0 Å². The van der Waals surface area contributed by atoms with Crippen LogP contribution in [0.5, 0.6) is 0 Å². The molecule has 1 aliphatic heterocycles. The standard InChI is InChI=1S/C21H36N2O/c1-6-19-14-23(20(7-2)13-22(19)16(4)5)21(8-3)18-11-9-17(15-24)10-12-18/h9-12,16,19-21,24H,6-8,13-15H2,1-5H3/t19-,20+,21-/m0/s1. The lowest BCUT2D eigenvalue weighted by atomic mass is 9.94. The molecule has 136 valence electrons. The number of piperazine rings is 1. The van der Waals surface area contributed by atoms with Crippen LogP contribution in [0.2, 0.25) is 0 Å². The first kappa shape index (κ1) is 19.4. The van der Waals surface area contributed by atoms with Crippen molar-refractivity contribution in [1.82, 2.24) is 9.80 Å². The van der Waals surface area contributed by atoms with Gasteiger partial charge in [-0.1, -0.05) is 45.0 Å². The highest BCUT2D eigenvalue weighted by Gasteiger charge is 2.36. The van der Waals surface area contributed by atoms with Gasteiger partial charge in [0.15, 0.2) is 0 Å². The summed E-state index contributed by atoms with van der Waals surface area (Å²) in [5.74, 6) is 0. The topological polar surface area (TPSA) is 26.7 Å². The molecule has 1 heterocycles. The van der Waals surface area contributed by atoms with Crippen molar-refractivity contribution < 1.29 is 5.11 Å². The van der Waals surface area contributed by atoms with E-state index >= 15 is 0 Å². The van der Waals surface area contributed by atoms with Crippen molar-refractivity contribution in [2.75, 3.05) is 13.1 Å². The van der Waals surface area contributed by atoms with Gasteiger partial charge in [-0.3, -0.25) is 9.80 Å². The summed E-state index contributed by atoms with van der Waals surface area (Å²) in [6.45, 7) is 14.1. The van der Waals surface area contributed by atoms with E-state index in [9.17, 15) is 5.11 Å². The van der Waals surface area contributed by atoms with Crippen LogP contribution >= 0.6 is 0 Å². The fourth-order valence-corrected chi connectivity index (χ4v) is 4.24. The Labute approximate surface area is 148 Å². The van der Waals surface area contributed by atoms with E-state index in [0.717, 1.165) is 18.5 Å². The van der Waals surface area contributed by atoms with Crippen molar-refractivity contribution in [3.63, 3.8) is 0 Å². The van der Waals surface area contributed by atoms with Gasteiger partial charge in [0.25, 0.3) is 0 Å². The van der Waals surface area contributed by atoms with E-state index in [1.54, 1.807) is 0 Å². The second-order valence-electron chi connectivity index (χ2n) is 7.44. The highest BCUT2D eigenvalue weighted by atomic mass is 16.3. The number of hydrogen-bond acceptors (Lipinski definition) is 3. The average Bonchev–Trinajstić information content (AvgIpc) is 2.62. The largest absolute Gasteiger partial charge is 0.392 e. The fourth-order valence-electron chi connectivity index (χ4n) is 4.24. The highest BCUT2D eigenvalue weighted by Crippen LogP contribution is 2.32. The number of hydrogen-bond donors (Lipinski definition) is 1. The molecule has 0 unspecified atom stereocenters. The first-order chi connectivity index (χ1) is 11.5. The summed E-state index contributed by atoms with van der Waals surface area (Å²) in [5.41, 5.74) is 2.39. The minimum Gasteiger partial charge on any atom is -0.392 e. The van der Waals surface area contributed by atoms with E-state index in [-0.39, 0.29) is 6.61 Å². The Morgan fingerprint density at radius 1 is 0.958 bits per heavy atom. The Balaban J connectivity index is 2.24. The third-order valence-corrected chi connectivity index (χ3v) is 5.72. The predicted octanol–water partition coefficient (Wildman–Crippen LogP) is 4.21. The Morgan fingerprint density at radius 3 is 1.96 bits per heavy atom. The number of aliphatic hydroxyl groups is 1. The van der Waals surface area contributed by atoms with Gasteiger partial charge in [-0.25, -0.2) is 0 Å². The molecule has 24 heavy (non-hydrogen) atoms. The van der Waals surface area contributed by atoms with E-state index in [4.69, 9.17) is 0 Å². The van der Waals surface area contributed by atoms with Crippen molar-refractivity contribution in [2.45, 2.75) is 84.7 Å². The minimum absolute atomic E-state index is 0.125. The fraction of sp³-hybridized carbons (Fsp3) is 0.714. The van der Waals surface area contributed by atoms with Crippen LogP contribution in [0.3, 0.4) is 0 Å². The molecule has 0 amide bonds. The van der Waals surface area contributed by atoms with Gasteiger partial charge in [-0.2, -0.15) is 0 Å². The normalized spacial score (nSPS) is 24.5. The maximum Gasteiger partial charge on any atom is 0.0681 e. The van der Waals surface area contributed by atoms with E-state index < -0.39 is 0 Å². The molecule has 1 aromatic rings. The Hall–Kier alpha value is -0.900. The smallest absolute Gasteiger partial charge is 0.0681 e. The molecule has 0 saturated carbocycles. The van der Waals surface area contributed by atoms with Crippen molar-refractivity contribution in [3.05, 3.63) is 35.4 Å². The number of benzene rings is 1. The molecule has 0 aromatic heterocycles. The lowest BCUT2D eigenvalue weighted by Crippen LogP contribution is -2.60. The van der Waals surface area contributed by atoms with Crippen molar-refractivity contribution >= 4 is 0 Å². The lowest BCUT2D eigenvalue weighted by Gasteiger charge is -2.50. The SMILES string of the molecule is CC[C@H]1CN([C@@H](CC)c2ccc(CO)cc2)[C@H](CC)CN1C(C)C. The van der Waals surface area contributed by atoms with Gasteiger partial charge >= 0.3 is 0 Å². The first-order valence-corrected chi connectivity index (χ1v) is 9.76. The van der Waals surface area contributed by atoms with E-state index in [1.165, 1.54) is 24.9 Å². The lowest BCUT2D eigenvalue weighted by molar-refractivity contribution is -0.0178. The molecule has 0 bridgehead atoms. The molecule has 3 atom stereocenters. The Morgan fingerprint density at radius 2 is 1.50 bits per heavy atom. The van der Waals surface area contributed by atoms with Gasteiger partial charge in [-0.05, 0) is 44.2 Å². The van der Waals surface area contributed by atoms with Gasteiger partial charge in [-0.15, -0.1) is 0 Å². The van der Waals surface area contributed by atoms with Gasteiger partial charge in [0, 0.05) is 37.3 Å². The van der Waals surface area contributed by atoms with Crippen molar-refractivity contribution in [1.29, 1.82) is 0 Å². The molecule has 0 radical (unpaired) electrons. The number of nitrogens with zero attached hydrogens (tertiary/aromatic N) is 2. The van der Waals surface area contributed by atoms with Crippen molar-refractivity contribution in [3.8, 4) is 0 Å². The Bertz CT molecular complexity index is 485. The van der Waals surface area contributed by atoms with Gasteiger partial charge in [0.2, 0.25) is 0 Å². The van der Waals surface area contributed by atoms with E-state index in [0.29, 0.717) is 24.2 Å². The molecule has 1 N–H and O–H groups in total. The summed E-state index contributed by atoms with van der Waals surface area (Å²) in [4.78, 5) is 5.45. The van der Waals surface area contributed by atoms with Crippen LogP contribution in [0.4, 0.5) is 0 Å². The molecular formula is C21H36N2O. The number of aliphatic hydroxyl groups excluding tert-OH is 1. The summed E-state index contributed by atoms with van der Waals surface area (Å²) >= 11 is 0. The molecule has 3 nitrogen and oxygen atoms in total. The quantitative estimate of drug-likeness (QED) is 0.810. The average molecular weight is 333 g/mol. The van der Waals surface area contributed by atoms with E-state index in [1.807, 2.05) is 0 Å². The van der Waals surface area contributed by atoms with Gasteiger partial charge in [0.05, 0.1) is 6.61 Å². The van der Waals surface area contributed by atoms with E-state index in [2.05, 4.69) is 68.7 Å². The summed E-state index contributed by atoms with van der Waals surface area (Å²) < 4.78 is 0. The maximum atomic E-state index is 9.28. The molecular weight excluding hydrogens is 296 g/mol. The molecule has 2 rings (SSSR count). The predicted molar refractivity (Wildman–Crippen MR) is 102 cm³/mol. The zero-order chi connectivity index (χ0) is 17.7. The molecule has 1 saturated heterocycles. The third kappa shape index (κ3) is 4.19. The Kier molecular flexibility index (Phi) is 7.27. The summed E-state index contributed by atoms with van der Waals surface area (Å²) in [6.07, 6.45) is 3.54. The van der Waals surface area contributed by atoms with Crippen LogP contribution in [-0.2, 0) is 6.61 Å². The number of rotatable bonds is 7. The summed E-state index contributed by atoms with van der Waals surface area (Å²) in [7, 11) is 0. The zero-order valence-electron chi connectivity index (χ0n) is 16.2. The molecule has 0 spiro atoms. The zero-order valence-corrected chi connectivity index (χ0v) is 16.2. The van der Waals surface area contributed by atoms with Crippen LogP contribution in [0.15, 0.2) is 24.3 Å². The van der Waals surface area contributed by atoms with Crippen LogP contribution in [0.25, 0.3) is 0 Å². The molecule has 1 aromatic carbocycles. The second-order valence-corrected chi connectivity index (χ2v) is 7.44. The third-order valence-electron chi connectivity index (χ3n) is 5.72. The minimum atomic E-state index is 0.125. The second kappa shape index (κ2) is 8.98. The summed E-state index contributed by atoms with van der Waals surface area (Å²) in [6, 6.07) is 10.9. The maximum absolute atomic E-state index is 9.28. The van der Waals surface area contributed by atoms with Crippen LogP contribution < -0.4 is 0 Å². The van der Waals surface area contributed by atoms with Crippen LogP contribution in [0.1, 0.15) is 71.0 Å². The molecule has 3 heteroatoms. The van der Waals surface area contributed by atoms with Gasteiger partial charge in [0.1, 0.15) is 0 Å². The van der Waals surface area contributed by atoms with Gasteiger partial charge < -0.3 is 5.11 Å². The molecule has 0 aliphatic carbocycles. The first-order valence-electron chi connectivity index (χ1n) is 9.76. The van der Waals surface area contributed by atoms with Crippen molar-refractivity contribution in [2.24, 2.45) is 0 Å². The van der Waals surface area contributed by atoms with Crippen LogP contribution in [-0.4, -0.2) is 46.1 Å².